The van der Waals surface area contributed by atoms with Crippen molar-refractivity contribution in [3.05, 3.63) is 47.6 Å². The number of nitrogens with zero attached hydrogens (tertiary/aromatic N) is 4. The third-order valence-corrected chi connectivity index (χ3v) is 3.70. The molecule has 3 aromatic rings. The van der Waals surface area contributed by atoms with Crippen LogP contribution >= 0.6 is 11.3 Å². The van der Waals surface area contributed by atoms with Gasteiger partial charge in [-0.1, -0.05) is 41.7 Å². The van der Waals surface area contributed by atoms with Crippen molar-refractivity contribution in [3.63, 3.8) is 0 Å². The Labute approximate surface area is 125 Å². The van der Waals surface area contributed by atoms with Crippen LogP contribution in [0.5, 0.6) is 5.88 Å². The monoisotopic (exact) mass is 299 g/mol. The summed E-state index contributed by atoms with van der Waals surface area (Å²) < 4.78 is 5.05. The van der Waals surface area contributed by atoms with E-state index >= 15 is 0 Å². The van der Waals surface area contributed by atoms with Crippen LogP contribution in [0.25, 0.3) is 10.6 Å². The number of anilines is 1. The molecule has 0 aliphatic rings. The van der Waals surface area contributed by atoms with Crippen LogP contribution in [-0.4, -0.2) is 27.3 Å². The zero-order valence-corrected chi connectivity index (χ0v) is 12.2. The molecule has 0 atom stereocenters. The Kier molecular flexibility index (Phi) is 4.02. The first-order chi connectivity index (χ1) is 10.3. The van der Waals surface area contributed by atoms with Crippen molar-refractivity contribution in [2.75, 3.05) is 12.4 Å². The molecule has 2 heterocycles. The van der Waals surface area contributed by atoms with E-state index in [0.717, 1.165) is 15.6 Å². The topological polar surface area (TPSA) is 72.8 Å². The summed E-state index contributed by atoms with van der Waals surface area (Å²) in [6.07, 6.45) is 1.64. The number of rotatable bonds is 5. The molecule has 2 aromatic heterocycles. The second kappa shape index (κ2) is 6.27. The number of hydrogen-bond acceptors (Lipinski definition) is 7. The molecule has 0 saturated carbocycles. The molecule has 0 radical (unpaired) electrons. The maximum absolute atomic E-state index is 5.05. The van der Waals surface area contributed by atoms with Crippen LogP contribution in [0.3, 0.4) is 0 Å². The second-order valence-corrected chi connectivity index (χ2v) is 5.21. The Morgan fingerprint density at radius 1 is 1.14 bits per heavy atom. The minimum Gasteiger partial charge on any atom is -0.481 e. The molecule has 106 valence electrons. The SMILES string of the molecule is COc1ccnc(NCc2nnc(-c3ccccc3)s2)n1. The summed E-state index contributed by atoms with van der Waals surface area (Å²) >= 11 is 1.54. The predicted octanol–water partition coefficient (Wildman–Crippen LogP) is 2.62. The van der Waals surface area contributed by atoms with E-state index in [1.54, 1.807) is 30.7 Å². The van der Waals surface area contributed by atoms with Gasteiger partial charge in [0.2, 0.25) is 11.8 Å². The van der Waals surface area contributed by atoms with E-state index in [0.29, 0.717) is 18.4 Å². The van der Waals surface area contributed by atoms with Gasteiger partial charge < -0.3 is 10.1 Å². The Balaban J connectivity index is 1.67. The number of aromatic nitrogens is 4. The molecular formula is C14H13N5OS. The molecule has 0 aliphatic carbocycles. The van der Waals surface area contributed by atoms with E-state index in [-0.39, 0.29) is 0 Å². The van der Waals surface area contributed by atoms with Gasteiger partial charge in [-0.05, 0) is 0 Å². The van der Waals surface area contributed by atoms with Crippen molar-refractivity contribution in [2.24, 2.45) is 0 Å². The fourth-order valence-electron chi connectivity index (χ4n) is 1.72. The molecule has 0 amide bonds. The van der Waals surface area contributed by atoms with E-state index in [2.05, 4.69) is 25.5 Å². The van der Waals surface area contributed by atoms with Crippen molar-refractivity contribution < 1.29 is 4.74 Å². The zero-order chi connectivity index (χ0) is 14.5. The van der Waals surface area contributed by atoms with Crippen molar-refractivity contribution in [2.45, 2.75) is 6.54 Å². The lowest BCUT2D eigenvalue weighted by Gasteiger charge is -2.03. The van der Waals surface area contributed by atoms with E-state index in [1.165, 1.54) is 0 Å². The molecule has 0 spiro atoms. The van der Waals surface area contributed by atoms with Crippen molar-refractivity contribution >= 4 is 17.3 Å². The summed E-state index contributed by atoms with van der Waals surface area (Å²) in [5, 5.41) is 13.2. The lowest BCUT2D eigenvalue weighted by atomic mass is 10.2. The molecular weight excluding hydrogens is 286 g/mol. The highest BCUT2D eigenvalue weighted by atomic mass is 32.1. The fourth-order valence-corrected chi connectivity index (χ4v) is 2.50. The highest BCUT2D eigenvalue weighted by molar-refractivity contribution is 7.14. The molecule has 3 rings (SSSR count). The first-order valence-electron chi connectivity index (χ1n) is 6.34. The van der Waals surface area contributed by atoms with Gasteiger partial charge in [-0.3, -0.25) is 0 Å². The maximum atomic E-state index is 5.05. The lowest BCUT2D eigenvalue weighted by molar-refractivity contribution is 0.397. The molecule has 21 heavy (non-hydrogen) atoms. The highest BCUT2D eigenvalue weighted by Crippen LogP contribution is 2.23. The van der Waals surface area contributed by atoms with Crippen LogP contribution in [0.4, 0.5) is 5.95 Å². The molecule has 7 heteroatoms. The van der Waals surface area contributed by atoms with Gasteiger partial charge in [0, 0.05) is 17.8 Å². The Morgan fingerprint density at radius 2 is 2.00 bits per heavy atom. The third-order valence-electron chi connectivity index (χ3n) is 2.72. The van der Waals surface area contributed by atoms with Gasteiger partial charge in [0.05, 0.1) is 13.7 Å². The third kappa shape index (κ3) is 3.32. The number of nitrogens with one attached hydrogen (secondary N) is 1. The molecule has 1 aromatic carbocycles. The predicted molar refractivity (Wildman–Crippen MR) is 81.3 cm³/mol. The number of methoxy groups -OCH3 is 1. The van der Waals surface area contributed by atoms with Crippen LogP contribution in [0.2, 0.25) is 0 Å². The molecule has 0 saturated heterocycles. The average Bonchev–Trinajstić information content (AvgIpc) is 3.03. The van der Waals surface area contributed by atoms with Gasteiger partial charge in [-0.2, -0.15) is 4.98 Å². The van der Waals surface area contributed by atoms with Gasteiger partial charge in [0.1, 0.15) is 10.0 Å². The summed E-state index contributed by atoms with van der Waals surface area (Å²) in [6, 6.07) is 11.7. The summed E-state index contributed by atoms with van der Waals surface area (Å²) in [5.41, 5.74) is 1.07. The van der Waals surface area contributed by atoms with Gasteiger partial charge >= 0.3 is 0 Å². The largest absolute Gasteiger partial charge is 0.481 e. The summed E-state index contributed by atoms with van der Waals surface area (Å²) in [6.45, 7) is 0.525. The molecule has 0 bridgehead atoms. The minimum absolute atomic E-state index is 0.505. The van der Waals surface area contributed by atoms with Crippen LogP contribution in [-0.2, 0) is 6.54 Å². The molecule has 0 unspecified atom stereocenters. The standard InChI is InChI=1S/C14H13N5OS/c1-20-11-7-8-15-14(17-11)16-9-12-18-19-13(21-12)10-5-3-2-4-6-10/h2-8H,9H2,1H3,(H,15,16,17). The average molecular weight is 299 g/mol. The molecule has 0 aliphatic heterocycles. The van der Waals surface area contributed by atoms with Crippen LogP contribution in [0.1, 0.15) is 5.01 Å². The van der Waals surface area contributed by atoms with E-state index in [1.807, 2.05) is 30.3 Å². The van der Waals surface area contributed by atoms with E-state index in [4.69, 9.17) is 4.74 Å². The first-order valence-corrected chi connectivity index (χ1v) is 7.15. The van der Waals surface area contributed by atoms with Crippen LogP contribution in [0, 0.1) is 0 Å². The van der Waals surface area contributed by atoms with E-state index < -0.39 is 0 Å². The molecule has 1 N–H and O–H groups in total. The van der Waals surface area contributed by atoms with Crippen LogP contribution in [0.15, 0.2) is 42.6 Å². The van der Waals surface area contributed by atoms with Gasteiger partial charge in [-0.25, -0.2) is 4.98 Å². The van der Waals surface area contributed by atoms with Gasteiger partial charge in [-0.15, -0.1) is 10.2 Å². The quantitative estimate of drug-likeness (QED) is 0.780. The smallest absolute Gasteiger partial charge is 0.226 e. The second-order valence-electron chi connectivity index (χ2n) is 4.14. The van der Waals surface area contributed by atoms with Crippen molar-refractivity contribution in [1.82, 2.24) is 20.2 Å². The Bertz CT molecular complexity index is 716. The minimum atomic E-state index is 0.505. The number of benzene rings is 1. The van der Waals surface area contributed by atoms with E-state index in [9.17, 15) is 0 Å². The Hall–Kier alpha value is -2.54. The summed E-state index contributed by atoms with van der Waals surface area (Å²) in [5.74, 6) is 1.03. The summed E-state index contributed by atoms with van der Waals surface area (Å²) in [4.78, 5) is 8.30. The Morgan fingerprint density at radius 3 is 2.81 bits per heavy atom. The normalized spacial score (nSPS) is 10.3. The maximum Gasteiger partial charge on any atom is 0.226 e. The lowest BCUT2D eigenvalue weighted by Crippen LogP contribution is -2.03. The number of ether oxygens (including phenoxy) is 1. The van der Waals surface area contributed by atoms with Crippen molar-refractivity contribution in [1.29, 1.82) is 0 Å². The van der Waals surface area contributed by atoms with Crippen LogP contribution < -0.4 is 10.1 Å². The summed E-state index contributed by atoms with van der Waals surface area (Å²) in [7, 11) is 1.57. The van der Waals surface area contributed by atoms with Gasteiger partial charge in [0.15, 0.2) is 0 Å². The zero-order valence-electron chi connectivity index (χ0n) is 11.4. The fraction of sp³-hybridized carbons (Fsp3) is 0.143. The number of hydrogen-bond donors (Lipinski definition) is 1. The molecule has 0 fully saturated rings. The molecule has 6 nitrogen and oxygen atoms in total. The van der Waals surface area contributed by atoms with Crippen molar-refractivity contribution in [3.8, 4) is 16.5 Å². The highest BCUT2D eigenvalue weighted by Gasteiger charge is 2.07. The van der Waals surface area contributed by atoms with Gasteiger partial charge in [0.25, 0.3) is 0 Å². The first kappa shape index (κ1) is 13.4.